The molecule has 0 unspecified atom stereocenters. The molecule has 0 N–H and O–H groups in total. The Balaban J connectivity index is 2.45. The van der Waals surface area contributed by atoms with Crippen LogP contribution in [0.15, 0.2) is 0 Å². The first-order valence-electron chi connectivity index (χ1n) is 6.43. The molecule has 0 aromatic heterocycles. The summed E-state index contributed by atoms with van der Waals surface area (Å²) in [6.07, 6.45) is 1.04. The minimum absolute atomic E-state index is 0.0421. The lowest BCUT2D eigenvalue weighted by Crippen LogP contribution is -2.48. The molecule has 100 valence electrons. The lowest BCUT2D eigenvalue weighted by molar-refractivity contribution is -0.185. The summed E-state index contributed by atoms with van der Waals surface area (Å²) in [5, 5.41) is 0.225. The molecular formula is C13H26O3Si. The minimum atomic E-state index is -1.70. The van der Waals surface area contributed by atoms with Crippen molar-refractivity contribution in [3.63, 3.8) is 0 Å². The number of carbonyl (C=O) groups is 1. The summed E-state index contributed by atoms with van der Waals surface area (Å²) in [6, 6.07) is 0. The first-order chi connectivity index (χ1) is 7.54. The first kappa shape index (κ1) is 14.7. The Hall–Kier alpha value is -0.353. The van der Waals surface area contributed by atoms with E-state index in [1.807, 2.05) is 6.92 Å². The molecule has 1 rings (SSSR count). The van der Waals surface area contributed by atoms with Gasteiger partial charge in [0.1, 0.15) is 6.10 Å². The molecule has 1 fully saturated rings. The molecule has 1 aliphatic rings. The third kappa shape index (κ3) is 3.32. The predicted molar refractivity (Wildman–Crippen MR) is 71.4 cm³/mol. The van der Waals surface area contributed by atoms with Crippen LogP contribution in [0.3, 0.4) is 0 Å². The highest BCUT2D eigenvalue weighted by Gasteiger charge is 2.42. The molecule has 0 bridgehead atoms. The summed E-state index contributed by atoms with van der Waals surface area (Å²) < 4.78 is 11.4. The smallest absolute Gasteiger partial charge is 0.312 e. The lowest BCUT2D eigenvalue weighted by Gasteiger charge is -2.40. The molecule has 1 aliphatic heterocycles. The van der Waals surface area contributed by atoms with Crippen molar-refractivity contribution in [2.75, 3.05) is 0 Å². The van der Waals surface area contributed by atoms with Crippen molar-refractivity contribution < 1.29 is 14.0 Å². The highest BCUT2D eigenvalue weighted by atomic mass is 28.4. The molecule has 1 saturated heterocycles. The number of carbonyl (C=O) groups excluding carboxylic acids is 1. The molecule has 1 heterocycles. The van der Waals surface area contributed by atoms with Gasteiger partial charge in [-0.15, -0.1) is 0 Å². The monoisotopic (exact) mass is 258 g/mol. The highest BCUT2D eigenvalue weighted by molar-refractivity contribution is 6.74. The molecule has 0 radical (unpaired) electrons. The molecule has 0 saturated carbocycles. The number of ether oxygens (including phenoxy) is 1. The number of cyclic esters (lactones) is 1. The molecular weight excluding hydrogens is 232 g/mol. The van der Waals surface area contributed by atoms with Gasteiger partial charge in [-0.3, -0.25) is 4.79 Å². The van der Waals surface area contributed by atoms with Crippen LogP contribution in [0.5, 0.6) is 0 Å². The Morgan fingerprint density at radius 3 is 2.29 bits per heavy atom. The van der Waals surface area contributed by atoms with Crippen molar-refractivity contribution in [3.05, 3.63) is 0 Å². The van der Waals surface area contributed by atoms with Crippen LogP contribution in [0.1, 0.15) is 41.0 Å². The highest BCUT2D eigenvalue weighted by Crippen LogP contribution is 2.38. The fourth-order valence-electron chi connectivity index (χ4n) is 1.75. The molecule has 0 aromatic rings. The van der Waals surface area contributed by atoms with E-state index in [9.17, 15) is 4.79 Å². The minimum Gasteiger partial charge on any atom is -0.461 e. The Labute approximate surface area is 106 Å². The van der Waals surface area contributed by atoms with Gasteiger partial charge in [-0.05, 0) is 32.0 Å². The van der Waals surface area contributed by atoms with Gasteiger partial charge in [0.15, 0.2) is 8.32 Å². The van der Waals surface area contributed by atoms with E-state index in [4.69, 9.17) is 9.16 Å². The van der Waals surface area contributed by atoms with Gasteiger partial charge in [0.2, 0.25) is 0 Å². The van der Waals surface area contributed by atoms with Gasteiger partial charge >= 0.3 is 5.97 Å². The van der Waals surface area contributed by atoms with Gasteiger partial charge in [-0.1, -0.05) is 20.8 Å². The summed E-state index contributed by atoms with van der Waals surface area (Å²) in [5.41, 5.74) is 0. The molecule has 3 atom stereocenters. The Bertz CT molecular complexity index is 294. The normalized spacial score (nSPS) is 27.4. The maximum atomic E-state index is 11.0. The molecule has 17 heavy (non-hydrogen) atoms. The van der Waals surface area contributed by atoms with Crippen LogP contribution in [0.2, 0.25) is 18.1 Å². The molecule has 0 amide bonds. The van der Waals surface area contributed by atoms with Gasteiger partial charge in [0.25, 0.3) is 0 Å². The number of hydrogen-bond acceptors (Lipinski definition) is 3. The largest absolute Gasteiger partial charge is 0.461 e. The van der Waals surface area contributed by atoms with Gasteiger partial charge in [-0.2, -0.15) is 0 Å². The van der Waals surface area contributed by atoms with Crippen LogP contribution < -0.4 is 0 Å². The Morgan fingerprint density at radius 1 is 1.41 bits per heavy atom. The van der Waals surface area contributed by atoms with Crippen LogP contribution in [-0.2, 0) is 14.0 Å². The van der Waals surface area contributed by atoms with Crippen molar-refractivity contribution in [1.82, 2.24) is 0 Å². The van der Waals surface area contributed by atoms with Crippen LogP contribution >= 0.6 is 0 Å². The summed E-state index contributed by atoms with van der Waals surface area (Å²) in [5.74, 6) is -0.0324. The topological polar surface area (TPSA) is 35.5 Å². The van der Waals surface area contributed by atoms with E-state index in [1.54, 1.807) is 0 Å². The van der Waals surface area contributed by atoms with Crippen molar-refractivity contribution in [2.45, 2.75) is 71.4 Å². The van der Waals surface area contributed by atoms with Crippen LogP contribution in [0.25, 0.3) is 0 Å². The van der Waals surface area contributed by atoms with E-state index in [1.165, 1.54) is 0 Å². The second-order valence-corrected chi connectivity index (χ2v) is 11.4. The van der Waals surface area contributed by atoms with Crippen molar-refractivity contribution in [1.29, 1.82) is 0 Å². The third-order valence-corrected chi connectivity index (χ3v) is 8.67. The Morgan fingerprint density at radius 2 is 1.94 bits per heavy atom. The van der Waals surface area contributed by atoms with Crippen molar-refractivity contribution in [3.8, 4) is 0 Å². The molecule has 4 heteroatoms. The second-order valence-electron chi connectivity index (χ2n) is 6.69. The zero-order chi connectivity index (χ0) is 13.4. The van der Waals surface area contributed by atoms with Gasteiger partial charge in [-0.25, -0.2) is 0 Å². The standard InChI is InChI=1S/C13H26O3Si/c1-9(8-11-10(2)12(14)15-11)16-17(6,7)13(3,4)5/h9-11H,8H2,1-7H3/t9-,10+,11-/m0/s1. The molecule has 0 aromatic carbocycles. The fraction of sp³-hybridized carbons (Fsp3) is 0.923. The van der Waals surface area contributed by atoms with Gasteiger partial charge in [0.05, 0.1) is 5.92 Å². The van der Waals surface area contributed by atoms with E-state index >= 15 is 0 Å². The van der Waals surface area contributed by atoms with Crippen LogP contribution in [0.4, 0.5) is 0 Å². The summed E-state index contributed by atoms with van der Waals surface area (Å²) in [7, 11) is -1.70. The maximum Gasteiger partial charge on any atom is 0.312 e. The van der Waals surface area contributed by atoms with E-state index in [2.05, 4.69) is 40.8 Å². The predicted octanol–water partition coefficient (Wildman–Crippen LogP) is 3.35. The van der Waals surface area contributed by atoms with Crippen LogP contribution in [0, 0.1) is 5.92 Å². The average Bonchev–Trinajstić information content (AvgIpc) is 2.14. The molecule has 3 nitrogen and oxygen atoms in total. The SMILES string of the molecule is C[C@@H](C[C@@H]1OC(=O)[C@@H]1C)O[Si](C)(C)C(C)(C)C. The first-order valence-corrected chi connectivity index (χ1v) is 9.34. The Kier molecular flexibility index (Phi) is 4.09. The van der Waals surface area contributed by atoms with Gasteiger partial charge < -0.3 is 9.16 Å². The number of hydrogen-bond donors (Lipinski definition) is 0. The third-order valence-electron chi connectivity index (χ3n) is 4.06. The number of rotatable bonds is 4. The van der Waals surface area contributed by atoms with Crippen molar-refractivity contribution in [2.24, 2.45) is 5.92 Å². The van der Waals surface area contributed by atoms with Crippen LogP contribution in [-0.4, -0.2) is 26.5 Å². The fourth-order valence-corrected chi connectivity index (χ4v) is 3.20. The zero-order valence-corrected chi connectivity index (χ0v) is 13.2. The summed E-state index contributed by atoms with van der Waals surface area (Å²) in [6.45, 7) is 15.2. The lowest BCUT2D eigenvalue weighted by atomic mass is 9.95. The summed E-state index contributed by atoms with van der Waals surface area (Å²) in [4.78, 5) is 11.0. The quantitative estimate of drug-likeness (QED) is 0.573. The molecule has 0 spiro atoms. The molecule has 0 aliphatic carbocycles. The average molecular weight is 258 g/mol. The zero-order valence-electron chi connectivity index (χ0n) is 12.2. The van der Waals surface area contributed by atoms with E-state index < -0.39 is 8.32 Å². The van der Waals surface area contributed by atoms with Gasteiger partial charge in [0, 0.05) is 12.5 Å². The maximum absolute atomic E-state index is 11.0. The van der Waals surface area contributed by atoms with E-state index in [0.717, 1.165) is 6.42 Å². The van der Waals surface area contributed by atoms with E-state index in [-0.39, 0.29) is 29.1 Å². The second kappa shape index (κ2) is 4.73. The van der Waals surface area contributed by atoms with E-state index in [0.29, 0.717) is 0 Å². The van der Waals surface area contributed by atoms with Crippen molar-refractivity contribution >= 4 is 14.3 Å². The summed E-state index contributed by atoms with van der Waals surface area (Å²) >= 11 is 0. The number of esters is 1.